The molecule has 0 aliphatic carbocycles. The van der Waals surface area contributed by atoms with E-state index in [1.807, 2.05) is 23.0 Å². The molecular formula is C21H21N5O2. The molecule has 2 aromatic carbocycles. The third-order valence-electron chi connectivity index (χ3n) is 5.39. The molecule has 0 bridgehead atoms. The highest BCUT2D eigenvalue weighted by molar-refractivity contribution is 5.96. The second kappa shape index (κ2) is 6.67. The highest BCUT2D eigenvalue weighted by Gasteiger charge is 2.18. The first kappa shape index (κ1) is 16.8. The maximum atomic E-state index is 5.48. The molecule has 3 heterocycles. The van der Waals surface area contributed by atoms with Crippen molar-refractivity contribution in [1.29, 1.82) is 0 Å². The molecule has 5 rings (SSSR count). The van der Waals surface area contributed by atoms with E-state index in [2.05, 4.69) is 33.3 Å². The van der Waals surface area contributed by atoms with Gasteiger partial charge in [-0.15, -0.1) is 0 Å². The lowest BCUT2D eigenvalue weighted by molar-refractivity contribution is 0.355. The maximum absolute atomic E-state index is 5.48. The van der Waals surface area contributed by atoms with Gasteiger partial charge < -0.3 is 14.4 Å². The van der Waals surface area contributed by atoms with Crippen LogP contribution in [0, 0.1) is 0 Å². The highest BCUT2D eigenvalue weighted by Crippen LogP contribution is 2.35. The van der Waals surface area contributed by atoms with Crippen molar-refractivity contribution >= 4 is 27.5 Å². The monoisotopic (exact) mass is 375 g/mol. The normalized spacial score (nSPS) is 14.1. The lowest BCUT2D eigenvalue weighted by Crippen LogP contribution is -2.17. The van der Waals surface area contributed by atoms with Gasteiger partial charge in [0.1, 0.15) is 0 Å². The Morgan fingerprint density at radius 3 is 2.46 bits per heavy atom. The fourth-order valence-corrected chi connectivity index (χ4v) is 4.00. The van der Waals surface area contributed by atoms with Crippen molar-refractivity contribution < 1.29 is 9.47 Å². The van der Waals surface area contributed by atoms with Crippen LogP contribution in [0.5, 0.6) is 11.5 Å². The Hall–Kier alpha value is -3.35. The molecule has 1 aliphatic rings. The first-order chi connectivity index (χ1) is 13.8. The summed E-state index contributed by atoms with van der Waals surface area (Å²) in [5.74, 6) is 1.28. The van der Waals surface area contributed by atoms with Gasteiger partial charge in [-0.3, -0.25) is 0 Å². The maximum Gasteiger partial charge on any atom is 0.162 e. The van der Waals surface area contributed by atoms with Crippen LogP contribution in [0.1, 0.15) is 12.8 Å². The molecule has 0 spiro atoms. The molecule has 7 nitrogen and oxygen atoms in total. The third kappa shape index (κ3) is 2.54. The number of methoxy groups -OCH3 is 2. The van der Waals surface area contributed by atoms with Gasteiger partial charge in [-0.25, -0.2) is 4.68 Å². The molecule has 1 fully saturated rings. The number of hydrogen-bond donors (Lipinski definition) is 0. The van der Waals surface area contributed by atoms with Crippen molar-refractivity contribution in [2.24, 2.45) is 0 Å². The van der Waals surface area contributed by atoms with E-state index in [0.29, 0.717) is 11.5 Å². The molecule has 0 N–H and O–H groups in total. The van der Waals surface area contributed by atoms with E-state index in [1.165, 1.54) is 18.5 Å². The minimum absolute atomic E-state index is 0.628. The zero-order valence-corrected chi connectivity index (χ0v) is 15.9. The van der Waals surface area contributed by atoms with Crippen LogP contribution in [0.25, 0.3) is 27.5 Å². The fourth-order valence-electron chi connectivity index (χ4n) is 4.00. The van der Waals surface area contributed by atoms with Gasteiger partial charge in [-0.2, -0.15) is 15.3 Å². The van der Waals surface area contributed by atoms with E-state index >= 15 is 0 Å². The summed E-state index contributed by atoms with van der Waals surface area (Å²) in [5, 5.41) is 15.2. The molecule has 1 saturated heterocycles. The molecular weight excluding hydrogens is 354 g/mol. The molecule has 0 atom stereocenters. The van der Waals surface area contributed by atoms with Gasteiger partial charge in [0.15, 0.2) is 11.5 Å². The molecule has 1 aliphatic heterocycles. The average molecular weight is 375 g/mol. The van der Waals surface area contributed by atoms with Crippen LogP contribution in [0.15, 0.2) is 42.7 Å². The van der Waals surface area contributed by atoms with Crippen molar-refractivity contribution in [3.63, 3.8) is 0 Å². The number of rotatable bonds is 4. The third-order valence-corrected chi connectivity index (χ3v) is 5.39. The fraction of sp³-hybridized carbons (Fsp3) is 0.286. The quantitative estimate of drug-likeness (QED) is 0.543. The van der Waals surface area contributed by atoms with Crippen molar-refractivity contribution in [2.45, 2.75) is 12.8 Å². The van der Waals surface area contributed by atoms with Gasteiger partial charge in [0.25, 0.3) is 0 Å². The molecule has 0 amide bonds. The number of benzene rings is 2. The first-order valence-electron chi connectivity index (χ1n) is 9.39. The van der Waals surface area contributed by atoms with Crippen LogP contribution < -0.4 is 14.4 Å². The lowest BCUT2D eigenvalue weighted by Gasteiger charge is -2.18. The zero-order chi connectivity index (χ0) is 19.1. The SMILES string of the molecule is COc1cc2nncc(-n3ncc4c(N5CCCC5)cccc43)c2cc1OC. The minimum Gasteiger partial charge on any atom is -0.493 e. The summed E-state index contributed by atoms with van der Waals surface area (Å²) < 4.78 is 12.8. The van der Waals surface area contributed by atoms with Crippen molar-refractivity contribution in [1.82, 2.24) is 20.0 Å². The van der Waals surface area contributed by atoms with Crippen molar-refractivity contribution in [3.8, 4) is 17.2 Å². The predicted molar refractivity (Wildman–Crippen MR) is 109 cm³/mol. The van der Waals surface area contributed by atoms with E-state index in [9.17, 15) is 0 Å². The molecule has 0 radical (unpaired) electrons. The second-order valence-electron chi connectivity index (χ2n) is 6.91. The van der Waals surface area contributed by atoms with E-state index in [-0.39, 0.29) is 0 Å². The Morgan fingerprint density at radius 2 is 1.68 bits per heavy atom. The summed E-state index contributed by atoms with van der Waals surface area (Å²) in [6, 6.07) is 10.1. The molecule has 0 saturated carbocycles. The van der Waals surface area contributed by atoms with Gasteiger partial charge in [-0.1, -0.05) is 6.07 Å². The zero-order valence-electron chi connectivity index (χ0n) is 15.9. The number of anilines is 1. The predicted octanol–water partition coefficient (Wildman–Crippen LogP) is 3.59. The van der Waals surface area contributed by atoms with Crippen LogP contribution in [0.2, 0.25) is 0 Å². The Kier molecular flexibility index (Phi) is 4.00. The summed E-state index contributed by atoms with van der Waals surface area (Å²) in [4.78, 5) is 2.44. The number of ether oxygens (including phenoxy) is 2. The van der Waals surface area contributed by atoms with E-state index in [4.69, 9.17) is 14.6 Å². The molecule has 7 heteroatoms. The number of hydrogen-bond acceptors (Lipinski definition) is 6. The Balaban J connectivity index is 1.72. The summed E-state index contributed by atoms with van der Waals surface area (Å²) in [6.45, 7) is 2.20. The van der Waals surface area contributed by atoms with Gasteiger partial charge in [0.05, 0.1) is 43.3 Å². The summed E-state index contributed by atoms with van der Waals surface area (Å²) in [6.07, 6.45) is 6.16. The smallest absolute Gasteiger partial charge is 0.162 e. The van der Waals surface area contributed by atoms with Crippen LogP contribution in [-0.2, 0) is 0 Å². The van der Waals surface area contributed by atoms with Crippen LogP contribution >= 0.6 is 0 Å². The molecule has 2 aromatic heterocycles. The van der Waals surface area contributed by atoms with Crippen LogP contribution in [0.4, 0.5) is 5.69 Å². The number of nitrogens with zero attached hydrogens (tertiary/aromatic N) is 5. The first-order valence-corrected chi connectivity index (χ1v) is 9.39. The summed E-state index contributed by atoms with van der Waals surface area (Å²) >= 11 is 0. The van der Waals surface area contributed by atoms with E-state index in [0.717, 1.165) is 40.6 Å². The highest BCUT2D eigenvalue weighted by atomic mass is 16.5. The largest absolute Gasteiger partial charge is 0.493 e. The van der Waals surface area contributed by atoms with Gasteiger partial charge in [0, 0.05) is 35.6 Å². The molecule has 28 heavy (non-hydrogen) atoms. The molecule has 4 aromatic rings. The second-order valence-corrected chi connectivity index (χ2v) is 6.91. The standard InChI is InChI=1S/C21H21N5O2/c1-27-20-10-14-16(11-21(20)28-2)24-22-13-19(14)26-18-7-5-6-17(15(18)12-23-26)25-8-3-4-9-25/h5-7,10-13H,3-4,8-9H2,1-2H3. The Bertz CT molecular complexity index is 1160. The number of fused-ring (bicyclic) bond motifs is 2. The molecule has 0 unspecified atom stereocenters. The van der Waals surface area contributed by atoms with E-state index < -0.39 is 0 Å². The topological polar surface area (TPSA) is 65.3 Å². The van der Waals surface area contributed by atoms with Crippen molar-refractivity contribution in [2.75, 3.05) is 32.2 Å². The van der Waals surface area contributed by atoms with Gasteiger partial charge >= 0.3 is 0 Å². The van der Waals surface area contributed by atoms with Crippen LogP contribution in [-0.4, -0.2) is 47.3 Å². The minimum atomic E-state index is 0.628. The average Bonchev–Trinajstić information content (AvgIpc) is 3.42. The van der Waals surface area contributed by atoms with Gasteiger partial charge in [0.2, 0.25) is 0 Å². The summed E-state index contributed by atoms with van der Waals surface area (Å²) in [5.41, 5.74) is 3.88. The van der Waals surface area contributed by atoms with Crippen molar-refractivity contribution in [3.05, 3.63) is 42.7 Å². The van der Waals surface area contributed by atoms with Crippen LogP contribution in [0.3, 0.4) is 0 Å². The Labute approximate surface area is 162 Å². The lowest BCUT2D eigenvalue weighted by atomic mass is 10.1. The van der Waals surface area contributed by atoms with Gasteiger partial charge in [-0.05, 0) is 31.0 Å². The summed E-state index contributed by atoms with van der Waals surface area (Å²) in [7, 11) is 3.24. The molecule has 142 valence electrons. The Morgan fingerprint density at radius 1 is 0.893 bits per heavy atom. The van der Waals surface area contributed by atoms with E-state index in [1.54, 1.807) is 20.4 Å². The number of aromatic nitrogens is 4.